The molecule has 10 nitrogen and oxygen atoms in total. The number of para-hydroxylation sites is 2. The van der Waals surface area contributed by atoms with Gasteiger partial charge in [-0.25, -0.2) is 0 Å². The third kappa shape index (κ3) is 8.20. The SMILES string of the molecule is C[C@@H]1CN([C@H](C)CO)C(=O)Cc2cc(NC(=O)C3CC3)ccc2O[C@H]1CN(C)Cc1ccc(C(=O)Nc2ccccc2N)cc1. The average Bonchev–Trinajstić information content (AvgIpc) is 3.87. The zero-order chi connectivity index (χ0) is 32.1. The maximum atomic E-state index is 13.5. The fourth-order valence-electron chi connectivity index (χ4n) is 5.57. The van der Waals surface area contributed by atoms with Crippen LogP contribution in [0.5, 0.6) is 5.75 Å². The molecule has 238 valence electrons. The summed E-state index contributed by atoms with van der Waals surface area (Å²) in [4.78, 5) is 42.5. The number of hydrogen-bond donors (Lipinski definition) is 4. The molecule has 10 heteroatoms. The van der Waals surface area contributed by atoms with Crippen LogP contribution in [-0.2, 0) is 22.6 Å². The Morgan fingerprint density at radius 2 is 1.82 bits per heavy atom. The number of hydrogen-bond acceptors (Lipinski definition) is 7. The highest BCUT2D eigenvalue weighted by atomic mass is 16.5. The molecule has 1 aliphatic heterocycles. The van der Waals surface area contributed by atoms with Gasteiger partial charge >= 0.3 is 0 Å². The first-order valence-corrected chi connectivity index (χ1v) is 15.6. The van der Waals surface area contributed by atoms with E-state index in [1.54, 1.807) is 29.2 Å². The van der Waals surface area contributed by atoms with Gasteiger partial charge in [0.05, 0.1) is 30.4 Å². The second-order valence-electron chi connectivity index (χ2n) is 12.4. The van der Waals surface area contributed by atoms with Crippen LogP contribution in [-0.4, -0.2) is 71.5 Å². The minimum absolute atomic E-state index is 0.00321. The molecular weight excluding hydrogens is 570 g/mol. The van der Waals surface area contributed by atoms with E-state index in [-0.39, 0.29) is 54.7 Å². The Bertz CT molecular complexity index is 1520. The van der Waals surface area contributed by atoms with Gasteiger partial charge in [-0.3, -0.25) is 19.3 Å². The van der Waals surface area contributed by atoms with E-state index in [2.05, 4.69) is 22.5 Å². The summed E-state index contributed by atoms with van der Waals surface area (Å²) in [5.41, 5.74) is 9.96. The zero-order valence-corrected chi connectivity index (χ0v) is 26.2. The van der Waals surface area contributed by atoms with Crippen molar-refractivity contribution in [3.8, 4) is 5.75 Å². The smallest absolute Gasteiger partial charge is 0.255 e. The molecule has 3 aromatic rings. The molecule has 3 amide bonds. The fraction of sp³-hybridized carbons (Fsp3) is 0.400. The van der Waals surface area contributed by atoms with Gasteiger partial charge in [-0.05, 0) is 74.8 Å². The highest BCUT2D eigenvalue weighted by Crippen LogP contribution is 2.32. The summed E-state index contributed by atoms with van der Waals surface area (Å²) in [6.45, 7) is 5.40. The molecule has 5 N–H and O–H groups in total. The molecule has 0 saturated heterocycles. The zero-order valence-electron chi connectivity index (χ0n) is 26.2. The number of likely N-dealkylation sites (N-methyl/N-ethyl adjacent to an activating group) is 1. The first-order chi connectivity index (χ1) is 21.6. The molecule has 0 spiro atoms. The molecule has 5 rings (SSSR count). The predicted molar refractivity (Wildman–Crippen MR) is 175 cm³/mol. The van der Waals surface area contributed by atoms with Crippen molar-refractivity contribution in [1.29, 1.82) is 0 Å². The number of nitrogens with zero attached hydrogens (tertiary/aromatic N) is 2. The Balaban J connectivity index is 1.29. The lowest BCUT2D eigenvalue weighted by Gasteiger charge is -2.34. The van der Waals surface area contributed by atoms with Gasteiger partial charge in [-0.2, -0.15) is 0 Å². The number of fused-ring (bicyclic) bond motifs is 1. The highest BCUT2D eigenvalue weighted by molar-refractivity contribution is 6.05. The average molecular weight is 614 g/mol. The number of nitrogens with two attached hydrogens (primary N) is 1. The highest BCUT2D eigenvalue weighted by Gasteiger charge is 2.32. The van der Waals surface area contributed by atoms with E-state index in [4.69, 9.17) is 10.5 Å². The van der Waals surface area contributed by atoms with Crippen molar-refractivity contribution in [2.45, 2.75) is 51.8 Å². The Labute approximate surface area is 264 Å². The molecule has 0 unspecified atom stereocenters. The van der Waals surface area contributed by atoms with Crippen molar-refractivity contribution in [2.24, 2.45) is 11.8 Å². The molecule has 1 aliphatic carbocycles. The van der Waals surface area contributed by atoms with Gasteiger partial charge in [0, 0.05) is 48.3 Å². The molecule has 0 bridgehead atoms. The van der Waals surface area contributed by atoms with Crippen molar-refractivity contribution in [1.82, 2.24) is 9.80 Å². The number of anilines is 3. The van der Waals surface area contributed by atoms with Crippen LogP contribution in [0.2, 0.25) is 0 Å². The van der Waals surface area contributed by atoms with E-state index in [9.17, 15) is 19.5 Å². The van der Waals surface area contributed by atoms with Crippen LogP contribution in [0.15, 0.2) is 66.7 Å². The Kier molecular flexibility index (Phi) is 10.0. The summed E-state index contributed by atoms with van der Waals surface area (Å²) in [6.07, 6.45) is 1.66. The molecule has 1 saturated carbocycles. The monoisotopic (exact) mass is 613 g/mol. The van der Waals surface area contributed by atoms with Gasteiger partial charge in [0.25, 0.3) is 5.91 Å². The Hall–Kier alpha value is -4.41. The second-order valence-corrected chi connectivity index (χ2v) is 12.4. The number of aliphatic hydroxyl groups excluding tert-OH is 1. The van der Waals surface area contributed by atoms with Crippen LogP contribution in [0, 0.1) is 11.8 Å². The van der Waals surface area contributed by atoms with Gasteiger partial charge in [0.2, 0.25) is 11.8 Å². The summed E-state index contributed by atoms with van der Waals surface area (Å²) in [7, 11) is 2.01. The van der Waals surface area contributed by atoms with Gasteiger partial charge in [-0.1, -0.05) is 31.2 Å². The standard InChI is InChI=1S/C35H43N5O5/c1-22-18-40(23(2)21-41)33(42)17-27-16-28(37-34(43)26-12-13-26)14-15-31(27)45-32(22)20-39(3)19-24-8-10-25(11-9-24)35(44)38-30-7-5-4-6-29(30)36/h4-11,14-16,22-23,26,32,41H,12-13,17-21,36H2,1-3H3,(H,37,43)(H,38,44)/t22-,23-,32+/m1/s1. The van der Waals surface area contributed by atoms with Gasteiger partial charge in [-0.15, -0.1) is 0 Å². The maximum absolute atomic E-state index is 13.5. The van der Waals surface area contributed by atoms with Crippen LogP contribution < -0.4 is 21.1 Å². The minimum Gasteiger partial charge on any atom is -0.488 e. The van der Waals surface area contributed by atoms with E-state index in [0.717, 1.165) is 18.4 Å². The van der Waals surface area contributed by atoms with Crippen molar-refractivity contribution < 1.29 is 24.2 Å². The number of ether oxygens (including phenoxy) is 1. The largest absolute Gasteiger partial charge is 0.488 e. The number of benzene rings is 3. The molecular formula is C35H43N5O5. The number of amides is 3. The van der Waals surface area contributed by atoms with Crippen LogP contribution in [0.1, 0.15) is 48.2 Å². The number of carbonyl (C=O) groups is 3. The quantitative estimate of drug-likeness (QED) is 0.252. The lowest BCUT2D eigenvalue weighted by Crippen LogP contribution is -2.47. The number of nitrogen functional groups attached to an aromatic ring is 1. The van der Waals surface area contributed by atoms with E-state index >= 15 is 0 Å². The van der Waals surface area contributed by atoms with Crippen LogP contribution in [0.25, 0.3) is 0 Å². The summed E-state index contributed by atoms with van der Waals surface area (Å²) in [5, 5.41) is 15.7. The molecule has 0 aromatic heterocycles. The molecule has 1 fully saturated rings. The Morgan fingerprint density at radius 1 is 1.09 bits per heavy atom. The van der Waals surface area contributed by atoms with Crippen molar-refractivity contribution in [2.75, 3.05) is 43.1 Å². The minimum atomic E-state index is -0.341. The molecule has 1 heterocycles. The van der Waals surface area contributed by atoms with Crippen LogP contribution >= 0.6 is 0 Å². The molecule has 45 heavy (non-hydrogen) atoms. The normalized spacial score (nSPS) is 19.0. The summed E-state index contributed by atoms with van der Waals surface area (Å²) in [6, 6.07) is 19.8. The molecule has 3 atom stereocenters. The van der Waals surface area contributed by atoms with Gasteiger partial charge < -0.3 is 31.1 Å². The number of carbonyl (C=O) groups excluding carboxylic acids is 3. The van der Waals surface area contributed by atoms with Crippen LogP contribution in [0.3, 0.4) is 0 Å². The van der Waals surface area contributed by atoms with Crippen LogP contribution in [0.4, 0.5) is 17.1 Å². The van der Waals surface area contributed by atoms with Gasteiger partial charge in [0.1, 0.15) is 11.9 Å². The predicted octanol–water partition coefficient (Wildman–Crippen LogP) is 4.15. The molecule has 2 aliphatic rings. The number of rotatable bonds is 10. The van der Waals surface area contributed by atoms with E-state index in [1.807, 2.05) is 56.4 Å². The molecule has 3 aromatic carbocycles. The van der Waals surface area contributed by atoms with E-state index < -0.39 is 0 Å². The molecule has 0 radical (unpaired) electrons. The summed E-state index contributed by atoms with van der Waals surface area (Å²) in [5.74, 6) is 0.325. The lowest BCUT2D eigenvalue weighted by molar-refractivity contribution is -0.134. The van der Waals surface area contributed by atoms with Gasteiger partial charge in [0.15, 0.2) is 0 Å². The number of nitrogens with one attached hydrogen (secondary N) is 2. The number of aliphatic hydroxyl groups is 1. The lowest BCUT2D eigenvalue weighted by atomic mass is 10.0. The first-order valence-electron chi connectivity index (χ1n) is 15.6. The fourth-order valence-corrected chi connectivity index (χ4v) is 5.57. The van der Waals surface area contributed by atoms with Crippen molar-refractivity contribution >= 4 is 34.8 Å². The van der Waals surface area contributed by atoms with Crippen molar-refractivity contribution in [3.63, 3.8) is 0 Å². The third-order valence-electron chi connectivity index (χ3n) is 8.50. The van der Waals surface area contributed by atoms with E-state index in [1.165, 1.54) is 0 Å². The Morgan fingerprint density at radius 3 is 2.51 bits per heavy atom. The first kappa shape index (κ1) is 32.0. The summed E-state index contributed by atoms with van der Waals surface area (Å²) < 4.78 is 6.63. The second kappa shape index (κ2) is 14.1. The topological polar surface area (TPSA) is 137 Å². The van der Waals surface area contributed by atoms with Crippen molar-refractivity contribution in [3.05, 3.63) is 83.4 Å². The summed E-state index contributed by atoms with van der Waals surface area (Å²) >= 11 is 0. The maximum Gasteiger partial charge on any atom is 0.255 e. The van der Waals surface area contributed by atoms with E-state index in [0.29, 0.717) is 53.6 Å². The third-order valence-corrected chi connectivity index (χ3v) is 8.50.